The van der Waals surface area contributed by atoms with Gasteiger partial charge in [0.05, 0.1) is 7.14 Å². The van der Waals surface area contributed by atoms with E-state index in [2.05, 4.69) is 115 Å². The summed E-state index contributed by atoms with van der Waals surface area (Å²) >= 11 is 8.84. The summed E-state index contributed by atoms with van der Waals surface area (Å²) in [6.45, 7) is 0. The van der Waals surface area contributed by atoms with Gasteiger partial charge in [0.15, 0.2) is 5.76 Å². The van der Waals surface area contributed by atoms with Crippen molar-refractivity contribution in [2.45, 2.75) is 0 Å². The van der Waals surface area contributed by atoms with E-state index in [1.807, 2.05) is 24.3 Å². The second-order valence-electron chi connectivity index (χ2n) is 5.49. The van der Waals surface area contributed by atoms with Crippen LogP contribution in [0.1, 0.15) is 0 Å². The average Bonchev–Trinajstić information content (AvgIpc) is 2.59. The predicted octanol–water partition coefficient (Wildman–Crippen LogP) is 6.98. The van der Waals surface area contributed by atoms with Gasteiger partial charge in [0, 0.05) is 20.1 Å². The zero-order valence-corrected chi connectivity index (χ0v) is 21.1. The molecule has 1 aliphatic carbocycles. The minimum atomic E-state index is 0.0244. The number of halogens is 4. The Hall–Kier alpha value is 0.0500. The van der Waals surface area contributed by atoms with Crippen LogP contribution in [0.4, 0.5) is 0 Å². The summed E-state index contributed by atoms with van der Waals surface area (Å²) in [4.78, 5) is 12.4. The van der Waals surface area contributed by atoms with Gasteiger partial charge < -0.3 is 4.42 Å². The molecule has 2 nitrogen and oxygen atoms in total. The van der Waals surface area contributed by atoms with Crippen molar-refractivity contribution in [3.8, 4) is 22.5 Å². The number of hydrogen-bond acceptors (Lipinski definition) is 2. The van der Waals surface area contributed by atoms with Crippen LogP contribution >= 0.6 is 90.4 Å². The summed E-state index contributed by atoms with van der Waals surface area (Å²) in [5, 5.41) is 1.07. The average molecular weight is 776 g/mol. The summed E-state index contributed by atoms with van der Waals surface area (Å²) < 4.78 is 9.78. The molecule has 4 rings (SSSR count). The van der Waals surface area contributed by atoms with Gasteiger partial charge in [0.25, 0.3) is 0 Å². The van der Waals surface area contributed by atoms with Crippen molar-refractivity contribution in [2.24, 2.45) is 0 Å². The molecule has 1 aliphatic heterocycles. The molecule has 0 unspecified atom stereocenters. The lowest BCUT2D eigenvalue weighted by Gasteiger charge is -2.17. The Morgan fingerprint density at radius 2 is 1.56 bits per heavy atom. The van der Waals surface area contributed by atoms with E-state index in [4.69, 9.17) is 4.42 Å². The highest BCUT2D eigenvalue weighted by molar-refractivity contribution is 14.1. The highest BCUT2D eigenvalue weighted by Gasteiger charge is 2.23. The third kappa shape index (κ3) is 3.24. The SMILES string of the molecule is O=c1c(I)cc2c(-c3ccccc3)c3cc(I)cc(I)c3oc-2c1I. The first kappa shape index (κ1) is 18.4. The Kier molecular flexibility index (Phi) is 5.32. The van der Waals surface area contributed by atoms with Crippen LogP contribution in [0.25, 0.3) is 33.4 Å². The molecule has 0 atom stereocenters. The van der Waals surface area contributed by atoms with Gasteiger partial charge in [0.1, 0.15) is 9.15 Å². The second kappa shape index (κ2) is 7.23. The van der Waals surface area contributed by atoms with Gasteiger partial charge in [-0.25, -0.2) is 0 Å². The summed E-state index contributed by atoms with van der Waals surface area (Å²) in [6, 6.07) is 16.5. The van der Waals surface area contributed by atoms with Crippen LogP contribution < -0.4 is 5.43 Å². The van der Waals surface area contributed by atoms with Crippen molar-refractivity contribution >= 4 is 101 Å². The van der Waals surface area contributed by atoms with Crippen LogP contribution in [-0.4, -0.2) is 0 Å². The molecule has 25 heavy (non-hydrogen) atoms. The number of fused-ring (bicyclic) bond motifs is 2. The van der Waals surface area contributed by atoms with Crippen molar-refractivity contribution in [1.82, 2.24) is 0 Å². The smallest absolute Gasteiger partial charge is 0.209 e. The molecule has 0 amide bonds. The molecule has 2 aromatic rings. The third-order valence-corrected chi connectivity index (χ3v) is 7.15. The van der Waals surface area contributed by atoms with Crippen molar-refractivity contribution < 1.29 is 4.42 Å². The van der Waals surface area contributed by atoms with E-state index < -0.39 is 0 Å². The van der Waals surface area contributed by atoms with E-state index in [-0.39, 0.29) is 5.43 Å². The lowest BCUT2D eigenvalue weighted by atomic mass is 9.94. The fourth-order valence-corrected chi connectivity index (χ4v) is 6.63. The van der Waals surface area contributed by atoms with Gasteiger partial charge in [-0.1, -0.05) is 30.3 Å². The second-order valence-corrected chi connectivity index (χ2v) is 10.1. The fourth-order valence-electron chi connectivity index (χ4n) is 2.88. The molecule has 124 valence electrons. The molecule has 0 aromatic heterocycles. The quantitative estimate of drug-likeness (QED) is 0.154. The molecule has 0 spiro atoms. The largest absolute Gasteiger partial charge is 0.454 e. The van der Waals surface area contributed by atoms with Gasteiger partial charge in [0.2, 0.25) is 5.43 Å². The van der Waals surface area contributed by atoms with Crippen molar-refractivity contribution in [2.75, 3.05) is 0 Å². The van der Waals surface area contributed by atoms with E-state index in [9.17, 15) is 4.79 Å². The minimum Gasteiger partial charge on any atom is -0.454 e. The Labute approximate surface area is 198 Å². The summed E-state index contributed by atoms with van der Waals surface area (Å²) in [5.41, 5.74) is 4.06. The van der Waals surface area contributed by atoms with Crippen molar-refractivity contribution in [3.05, 3.63) is 73.0 Å². The van der Waals surface area contributed by atoms with Gasteiger partial charge in [-0.15, -0.1) is 0 Å². The molecule has 0 fully saturated rings. The maximum atomic E-state index is 12.4. The van der Waals surface area contributed by atoms with E-state index in [0.717, 1.165) is 34.8 Å². The molecule has 1 heterocycles. The molecular formula is C19H8I4O2. The van der Waals surface area contributed by atoms with E-state index >= 15 is 0 Å². The lowest BCUT2D eigenvalue weighted by Crippen LogP contribution is -2.12. The van der Waals surface area contributed by atoms with Crippen LogP contribution in [0.5, 0.6) is 0 Å². The zero-order chi connectivity index (χ0) is 17.7. The molecule has 6 heteroatoms. The van der Waals surface area contributed by atoms with Gasteiger partial charge in [-0.3, -0.25) is 4.79 Å². The molecule has 0 saturated heterocycles. The molecule has 0 N–H and O–H groups in total. The van der Waals surface area contributed by atoms with E-state index in [0.29, 0.717) is 12.9 Å². The molecule has 0 radical (unpaired) electrons. The number of rotatable bonds is 1. The first-order chi connectivity index (χ1) is 12.0. The van der Waals surface area contributed by atoms with Crippen molar-refractivity contribution in [1.29, 1.82) is 0 Å². The summed E-state index contributed by atoms with van der Waals surface area (Å²) in [6.07, 6.45) is 0. The third-order valence-electron chi connectivity index (χ3n) is 3.94. The first-order valence-corrected chi connectivity index (χ1v) is 11.6. The number of benzene rings is 3. The Morgan fingerprint density at radius 1 is 0.840 bits per heavy atom. The number of hydrogen-bond donors (Lipinski definition) is 0. The van der Waals surface area contributed by atoms with Gasteiger partial charge >= 0.3 is 0 Å². The minimum absolute atomic E-state index is 0.0244. The topological polar surface area (TPSA) is 30.2 Å². The maximum Gasteiger partial charge on any atom is 0.209 e. The highest BCUT2D eigenvalue weighted by Crippen LogP contribution is 2.43. The van der Waals surface area contributed by atoms with Crippen LogP contribution in [0.15, 0.2) is 57.7 Å². The lowest BCUT2D eigenvalue weighted by molar-refractivity contribution is 0.613. The van der Waals surface area contributed by atoms with E-state index in [1.165, 1.54) is 0 Å². The molecule has 2 aromatic carbocycles. The summed E-state index contributed by atoms with van der Waals surface area (Å²) in [7, 11) is 0. The van der Waals surface area contributed by atoms with Crippen LogP contribution in [0, 0.1) is 14.3 Å². The van der Waals surface area contributed by atoms with Crippen LogP contribution in [0.2, 0.25) is 0 Å². The fraction of sp³-hybridized carbons (Fsp3) is 0. The van der Waals surface area contributed by atoms with Crippen molar-refractivity contribution in [3.63, 3.8) is 0 Å². The molecule has 2 aliphatic rings. The zero-order valence-electron chi connectivity index (χ0n) is 12.4. The molecular weight excluding hydrogens is 768 g/mol. The van der Waals surface area contributed by atoms with Gasteiger partial charge in [-0.2, -0.15) is 0 Å². The summed E-state index contributed by atoms with van der Waals surface area (Å²) in [5.74, 6) is 0.663. The predicted molar refractivity (Wildman–Crippen MR) is 135 cm³/mol. The van der Waals surface area contributed by atoms with Crippen LogP contribution in [-0.2, 0) is 0 Å². The molecule has 0 bridgehead atoms. The molecule has 0 saturated carbocycles. The Balaban J connectivity index is 2.31. The Morgan fingerprint density at radius 3 is 2.28 bits per heavy atom. The monoisotopic (exact) mass is 776 g/mol. The maximum absolute atomic E-state index is 12.4. The normalized spacial score (nSPS) is 11.4. The van der Waals surface area contributed by atoms with Gasteiger partial charge in [-0.05, 0) is 114 Å². The first-order valence-electron chi connectivity index (χ1n) is 7.26. The highest BCUT2D eigenvalue weighted by atomic mass is 127. The van der Waals surface area contributed by atoms with Crippen LogP contribution in [0.3, 0.4) is 0 Å². The standard InChI is InChI=1S/C19H8I4O2/c20-10-6-11-15(9-4-2-1-3-5-9)12-8-13(21)17(24)16(23)19(12)25-18(11)14(22)7-10/h1-8H. The Bertz CT molecular complexity index is 1150. The van der Waals surface area contributed by atoms with E-state index in [1.54, 1.807) is 0 Å².